The fourth-order valence-electron chi connectivity index (χ4n) is 4.34. The van der Waals surface area contributed by atoms with Crippen LogP contribution in [0.1, 0.15) is 55.1 Å². The molecule has 1 aromatic carbocycles. The van der Waals surface area contributed by atoms with Gasteiger partial charge in [-0.25, -0.2) is 0 Å². The van der Waals surface area contributed by atoms with Crippen LogP contribution in [0.4, 0.5) is 5.69 Å². The monoisotopic (exact) mass is 396 g/mol. The maximum atomic E-state index is 4.60. The summed E-state index contributed by atoms with van der Waals surface area (Å²) < 4.78 is 0. The predicted molar refractivity (Wildman–Crippen MR) is 122 cm³/mol. The molecule has 30 heavy (non-hydrogen) atoms. The van der Waals surface area contributed by atoms with Crippen LogP contribution < -0.4 is 5.32 Å². The van der Waals surface area contributed by atoms with E-state index < -0.39 is 0 Å². The van der Waals surface area contributed by atoms with E-state index in [1.54, 1.807) is 12.4 Å². The zero-order chi connectivity index (χ0) is 20.5. The lowest BCUT2D eigenvalue weighted by atomic mass is 9.84. The number of fused-ring (bicyclic) bond motifs is 3. The molecule has 1 aliphatic rings. The number of benzene rings is 1. The average Bonchev–Trinajstić information content (AvgIpc) is 3.45. The Bertz CT molecular complexity index is 1230. The number of rotatable bonds is 5. The molecule has 1 unspecified atom stereocenters. The normalized spacial score (nSPS) is 16.3. The highest BCUT2D eigenvalue weighted by atomic mass is 15.1. The predicted octanol–water partition coefficient (Wildman–Crippen LogP) is 5.59. The Labute approximate surface area is 175 Å². The van der Waals surface area contributed by atoms with E-state index in [4.69, 9.17) is 0 Å². The summed E-state index contributed by atoms with van der Waals surface area (Å²) >= 11 is 0. The first-order chi connectivity index (χ1) is 14.8. The molecule has 0 amide bonds. The number of nitrogens with zero attached hydrogens (tertiary/aromatic N) is 3. The molecule has 4 heterocycles. The lowest BCUT2D eigenvalue weighted by Crippen LogP contribution is -2.19. The number of hydrogen-bond acceptors (Lipinski definition) is 4. The Balaban J connectivity index is 1.66. The highest BCUT2D eigenvalue weighted by Gasteiger charge is 2.28. The standard InChI is InChI=1S/C24H24N6/c1-3-4-18-15(2)22-19(28-24(18)17-13-26-27-14-17)7-8-21-23(22)20(29-30-21)6-5-16-9-11-25-12-10-16/h5-14,24,28H,3-4H2,1-2H3,(H,26,27)(H,29,30)/b6-5+. The van der Waals surface area contributed by atoms with E-state index in [1.165, 1.54) is 16.7 Å². The van der Waals surface area contributed by atoms with Crippen LogP contribution >= 0.6 is 0 Å². The van der Waals surface area contributed by atoms with Crippen LogP contribution in [-0.4, -0.2) is 25.4 Å². The summed E-state index contributed by atoms with van der Waals surface area (Å²) in [6.07, 6.45) is 13.8. The molecule has 0 aliphatic carbocycles. The maximum Gasteiger partial charge on any atom is 0.0934 e. The Hall–Kier alpha value is -3.67. The maximum absolute atomic E-state index is 4.60. The van der Waals surface area contributed by atoms with Gasteiger partial charge in [0, 0.05) is 40.8 Å². The fourth-order valence-corrected chi connectivity index (χ4v) is 4.34. The Kier molecular flexibility index (Phi) is 4.67. The zero-order valence-corrected chi connectivity index (χ0v) is 17.1. The van der Waals surface area contributed by atoms with Crippen LogP contribution in [0.25, 0.3) is 28.6 Å². The van der Waals surface area contributed by atoms with Crippen molar-refractivity contribution in [3.8, 4) is 0 Å². The molecule has 5 rings (SSSR count). The highest BCUT2D eigenvalue weighted by molar-refractivity contribution is 6.03. The first-order valence-electron chi connectivity index (χ1n) is 10.3. The summed E-state index contributed by atoms with van der Waals surface area (Å²) in [7, 11) is 0. The van der Waals surface area contributed by atoms with Crippen molar-refractivity contribution < 1.29 is 0 Å². The zero-order valence-electron chi connectivity index (χ0n) is 17.1. The van der Waals surface area contributed by atoms with Gasteiger partial charge in [-0.15, -0.1) is 0 Å². The van der Waals surface area contributed by atoms with Crippen molar-refractivity contribution in [1.82, 2.24) is 25.4 Å². The second-order valence-electron chi connectivity index (χ2n) is 7.64. The number of aromatic nitrogens is 5. The van der Waals surface area contributed by atoms with E-state index in [2.05, 4.69) is 68.8 Å². The molecule has 3 N–H and O–H groups in total. The lowest BCUT2D eigenvalue weighted by molar-refractivity contribution is 0.788. The van der Waals surface area contributed by atoms with E-state index in [-0.39, 0.29) is 6.04 Å². The smallest absolute Gasteiger partial charge is 0.0934 e. The molecule has 0 bridgehead atoms. The molecule has 0 saturated heterocycles. The molecule has 1 aliphatic heterocycles. The van der Waals surface area contributed by atoms with Gasteiger partial charge in [-0.1, -0.05) is 19.4 Å². The molecule has 3 aromatic heterocycles. The largest absolute Gasteiger partial charge is 0.374 e. The van der Waals surface area contributed by atoms with Gasteiger partial charge in [-0.3, -0.25) is 15.2 Å². The van der Waals surface area contributed by atoms with E-state index in [0.717, 1.165) is 46.3 Å². The van der Waals surface area contributed by atoms with Crippen LogP contribution in [0, 0.1) is 0 Å². The second-order valence-corrected chi connectivity index (χ2v) is 7.64. The van der Waals surface area contributed by atoms with Gasteiger partial charge in [-0.2, -0.15) is 10.2 Å². The number of nitrogens with one attached hydrogen (secondary N) is 3. The Morgan fingerprint density at radius 3 is 2.73 bits per heavy atom. The molecule has 1 atom stereocenters. The van der Waals surface area contributed by atoms with Crippen LogP contribution in [0.5, 0.6) is 0 Å². The minimum Gasteiger partial charge on any atom is -0.374 e. The van der Waals surface area contributed by atoms with Gasteiger partial charge in [0.15, 0.2) is 0 Å². The molecule has 0 radical (unpaired) electrons. The molecule has 4 aromatic rings. The number of anilines is 1. The van der Waals surface area contributed by atoms with Crippen LogP contribution in [-0.2, 0) is 0 Å². The van der Waals surface area contributed by atoms with Crippen LogP contribution in [0.3, 0.4) is 0 Å². The quantitative estimate of drug-likeness (QED) is 0.410. The van der Waals surface area contributed by atoms with Gasteiger partial charge in [-0.05, 0) is 60.4 Å². The van der Waals surface area contributed by atoms with E-state index in [9.17, 15) is 0 Å². The van der Waals surface area contributed by atoms with E-state index in [1.807, 2.05) is 24.5 Å². The van der Waals surface area contributed by atoms with Gasteiger partial charge < -0.3 is 5.32 Å². The lowest BCUT2D eigenvalue weighted by Gasteiger charge is -2.31. The van der Waals surface area contributed by atoms with Gasteiger partial charge >= 0.3 is 0 Å². The summed E-state index contributed by atoms with van der Waals surface area (Å²) in [4.78, 5) is 4.09. The number of hydrogen-bond donors (Lipinski definition) is 3. The first-order valence-corrected chi connectivity index (χ1v) is 10.3. The molecular formula is C24H24N6. The first kappa shape index (κ1) is 18.4. The summed E-state index contributed by atoms with van der Waals surface area (Å²) in [6.45, 7) is 4.46. The second kappa shape index (κ2) is 7.63. The SMILES string of the molecule is CCCC1=C(C)c2c(ccc3[nH]nc(/C=C/c4ccncc4)c23)NC1c1cn[nH]c1. The number of allylic oxidation sites excluding steroid dienone is 1. The van der Waals surface area contributed by atoms with Crippen molar-refractivity contribution in [2.45, 2.75) is 32.7 Å². The van der Waals surface area contributed by atoms with Crippen LogP contribution in [0.15, 0.2) is 54.6 Å². The minimum atomic E-state index is 0.136. The summed E-state index contributed by atoms with van der Waals surface area (Å²) in [5, 5.41) is 19.8. The molecule has 6 heteroatoms. The Morgan fingerprint density at radius 1 is 1.10 bits per heavy atom. The third kappa shape index (κ3) is 3.10. The van der Waals surface area contributed by atoms with Gasteiger partial charge in [0.2, 0.25) is 0 Å². The van der Waals surface area contributed by atoms with E-state index in [0.29, 0.717) is 0 Å². The fraction of sp³-hybridized carbons (Fsp3) is 0.208. The number of H-pyrrole nitrogens is 2. The summed E-state index contributed by atoms with van der Waals surface area (Å²) in [6, 6.07) is 8.36. The topological polar surface area (TPSA) is 82.3 Å². The third-order valence-corrected chi connectivity index (χ3v) is 5.78. The average molecular weight is 396 g/mol. The van der Waals surface area contributed by atoms with Crippen molar-refractivity contribution in [3.05, 3.63) is 77.0 Å². The van der Waals surface area contributed by atoms with Crippen LogP contribution in [0.2, 0.25) is 0 Å². The number of aromatic amines is 2. The van der Waals surface area contributed by atoms with Crippen molar-refractivity contribution >= 4 is 34.3 Å². The molecule has 0 saturated carbocycles. The molecular weight excluding hydrogens is 372 g/mol. The molecule has 6 nitrogen and oxygen atoms in total. The molecule has 0 fully saturated rings. The van der Waals surface area contributed by atoms with E-state index >= 15 is 0 Å². The van der Waals surface area contributed by atoms with Crippen molar-refractivity contribution in [1.29, 1.82) is 0 Å². The third-order valence-electron chi connectivity index (χ3n) is 5.78. The molecule has 0 spiro atoms. The van der Waals surface area contributed by atoms with Crippen molar-refractivity contribution in [2.24, 2.45) is 0 Å². The van der Waals surface area contributed by atoms with Crippen molar-refractivity contribution in [2.75, 3.05) is 5.32 Å². The highest BCUT2D eigenvalue weighted by Crippen LogP contribution is 2.45. The minimum absolute atomic E-state index is 0.136. The van der Waals surface area contributed by atoms with Gasteiger partial charge in [0.25, 0.3) is 0 Å². The summed E-state index contributed by atoms with van der Waals surface area (Å²) in [5.74, 6) is 0. The van der Waals surface area contributed by atoms with Gasteiger partial charge in [0.1, 0.15) is 0 Å². The Morgan fingerprint density at radius 2 is 1.97 bits per heavy atom. The van der Waals surface area contributed by atoms with Gasteiger partial charge in [0.05, 0.1) is 23.4 Å². The molecule has 150 valence electrons. The number of pyridine rings is 1. The summed E-state index contributed by atoms with van der Waals surface area (Å²) in [5.41, 5.74) is 9.34. The van der Waals surface area contributed by atoms with Crippen molar-refractivity contribution in [3.63, 3.8) is 0 Å².